The van der Waals surface area contributed by atoms with Crippen molar-refractivity contribution in [3.63, 3.8) is 0 Å². The molecule has 3 heterocycles. The number of aromatic nitrogens is 3. The zero-order valence-corrected chi connectivity index (χ0v) is 21.8. The quantitative estimate of drug-likeness (QED) is 0.277. The molecule has 9 heteroatoms. The van der Waals surface area contributed by atoms with E-state index in [1.165, 1.54) is 0 Å². The predicted octanol–water partition coefficient (Wildman–Crippen LogP) is 4.94. The number of hydrogen-bond acceptors (Lipinski definition) is 7. The molecule has 0 fully saturated rings. The lowest BCUT2D eigenvalue weighted by molar-refractivity contribution is 0.0718. The van der Waals surface area contributed by atoms with Crippen LogP contribution >= 0.6 is 0 Å². The van der Waals surface area contributed by atoms with Crippen LogP contribution in [0.15, 0.2) is 83.7 Å². The summed E-state index contributed by atoms with van der Waals surface area (Å²) < 4.78 is 18.5. The van der Waals surface area contributed by atoms with Gasteiger partial charge >= 0.3 is 0 Å². The standard InChI is InChI=1S/C29H29N5O4/c1-32(2)28-21(17-24-25(36-3)12-13-26(37-4)27(24)31-28)18-33(19-23-7-5-16-38-23)29(35)20-8-10-22(11-9-20)34-15-6-14-30-34/h5-17H,18-19H2,1-4H3. The molecule has 5 rings (SSSR count). The maximum absolute atomic E-state index is 13.8. The number of anilines is 1. The van der Waals surface area contributed by atoms with E-state index in [-0.39, 0.29) is 5.91 Å². The molecular weight excluding hydrogens is 482 g/mol. The maximum atomic E-state index is 13.8. The SMILES string of the molecule is COc1ccc(OC)c2nc(N(C)C)c(CN(Cc3ccco3)C(=O)c3ccc(-n4cccn4)cc3)cc12. The highest BCUT2D eigenvalue weighted by atomic mass is 16.5. The van der Waals surface area contributed by atoms with E-state index in [9.17, 15) is 4.79 Å². The summed E-state index contributed by atoms with van der Waals surface area (Å²) in [6, 6.07) is 18.6. The summed E-state index contributed by atoms with van der Waals surface area (Å²) in [5.74, 6) is 2.62. The molecule has 0 radical (unpaired) electrons. The smallest absolute Gasteiger partial charge is 0.254 e. The van der Waals surface area contributed by atoms with E-state index >= 15 is 0 Å². The van der Waals surface area contributed by atoms with Crippen LogP contribution in [0.3, 0.4) is 0 Å². The number of ether oxygens (including phenoxy) is 2. The molecular formula is C29H29N5O4. The van der Waals surface area contributed by atoms with Gasteiger partial charge in [-0.05, 0) is 60.7 Å². The number of pyridine rings is 1. The number of fused-ring (bicyclic) bond motifs is 1. The van der Waals surface area contributed by atoms with Crippen molar-refractivity contribution in [1.82, 2.24) is 19.7 Å². The Morgan fingerprint density at radius 3 is 2.37 bits per heavy atom. The van der Waals surface area contributed by atoms with Gasteiger partial charge in [0.05, 0.1) is 39.3 Å². The molecule has 0 saturated heterocycles. The molecule has 0 aliphatic rings. The average Bonchev–Trinajstić information content (AvgIpc) is 3.66. The van der Waals surface area contributed by atoms with Crippen LogP contribution in [-0.4, -0.2) is 53.9 Å². The monoisotopic (exact) mass is 511 g/mol. The molecule has 0 N–H and O–H groups in total. The highest BCUT2D eigenvalue weighted by molar-refractivity contribution is 5.95. The van der Waals surface area contributed by atoms with Crippen LogP contribution in [0.5, 0.6) is 11.5 Å². The first kappa shape index (κ1) is 24.9. The number of carbonyl (C=O) groups excluding carboxylic acids is 1. The van der Waals surface area contributed by atoms with Crippen molar-refractivity contribution in [3.05, 3.63) is 96.2 Å². The number of furan rings is 1. The summed E-state index contributed by atoms with van der Waals surface area (Å²) in [4.78, 5) is 22.4. The van der Waals surface area contributed by atoms with Crippen LogP contribution in [-0.2, 0) is 13.1 Å². The minimum Gasteiger partial charge on any atom is -0.496 e. The first-order valence-electron chi connectivity index (χ1n) is 12.1. The normalized spacial score (nSPS) is 10.9. The fraction of sp³-hybridized carbons (Fsp3) is 0.207. The molecule has 0 unspecified atom stereocenters. The summed E-state index contributed by atoms with van der Waals surface area (Å²) in [5, 5.41) is 5.06. The minimum atomic E-state index is -0.129. The third-order valence-corrected chi connectivity index (χ3v) is 6.29. The second-order valence-corrected chi connectivity index (χ2v) is 8.97. The van der Waals surface area contributed by atoms with E-state index in [1.807, 2.05) is 85.9 Å². The second-order valence-electron chi connectivity index (χ2n) is 8.97. The number of benzene rings is 2. The molecule has 0 saturated carbocycles. The third-order valence-electron chi connectivity index (χ3n) is 6.29. The average molecular weight is 512 g/mol. The van der Waals surface area contributed by atoms with Gasteiger partial charge in [-0.15, -0.1) is 0 Å². The van der Waals surface area contributed by atoms with E-state index < -0.39 is 0 Å². The van der Waals surface area contributed by atoms with E-state index in [1.54, 1.807) is 36.3 Å². The lowest BCUT2D eigenvalue weighted by Gasteiger charge is -2.25. The van der Waals surface area contributed by atoms with Crippen LogP contribution in [0.1, 0.15) is 21.7 Å². The summed E-state index contributed by atoms with van der Waals surface area (Å²) in [6.45, 7) is 0.601. The molecule has 0 aliphatic carbocycles. The third kappa shape index (κ3) is 4.90. The minimum absolute atomic E-state index is 0.129. The van der Waals surface area contributed by atoms with Crippen molar-refractivity contribution < 1.29 is 18.7 Å². The number of methoxy groups -OCH3 is 2. The van der Waals surface area contributed by atoms with Crippen molar-refractivity contribution in [2.24, 2.45) is 0 Å². The van der Waals surface area contributed by atoms with Gasteiger partial charge < -0.3 is 23.7 Å². The Balaban J connectivity index is 1.55. The van der Waals surface area contributed by atoms with Crippen LogP contribution in [0.4, 0.5) is 5.82 Å². The number of rotatable bonds is 9. The van der Waals surface area contributed by atoms with Gasteiger partial charge in [0.1, 0.15) is 28.6 Å². The Kier molecular flexibility index (Phi) is 6.99. The topological polar surface area (TPSA) is 85.9 Å². The number of hydrogen-bond donors (Lipinski definition) is 0. The molecule has 38 heavy (non-hydrogen) atoms. The lowest BCUT2D eigenvalue weighted by Crippen LogP contribution is -2.31. The molecule has 1 amide bonds. The van der Waals surface area contributed by atoms with Crippen LogP contribution in [0.25, 0.3) is 16.6 Å². The molecule has 0 bridgehead atoms. The Morgan fingerprint density at radius 1 is 0.974 bits per heavy atom. The van der Waals surface area contributed by atoms with Crippen molar-refractivity contribution in [2.45, 2.75) is 13.1 Å². The van der Waals surface area contributed by atoms with Crippen molar-refractivity contribution in [1.29, 1.82) is 0 Å². The first-order chi connectivity index (χ1) is 18.5. The van der Waals surface area contributed by atoms with E-state index in [0.29, 0.717) is 41.4 Å². The summed E-state index contributed by atoms with van der Waals surface area (Å²) in [5.41, 5.74) is 2.99. The number of amides is 1. The Labute approximate surface area is 220 Å². The Hall–Kier alpha value is -4.79. The molecule has 3 aromatic heterocycles. The van der Waals surface area contributed by atoms with Crippen molar-refractivity contribution in [2.75, 3.05) is 33.2 Å². The largest absolute Gasteiger partial charge is 0.496 e. The van der Waals surface area contributed by atoms with Crippen molar-refractivity contribution >= 4 is 22.6 Å². The first-order valence-corrected chi connectivity index (χ1v) is 12.1. The van der Waals surface area contributed by atoms with Gasteiger partial charge in [-0.3, -0.25) is 4.79 Å². The van der Waals surface area contributed by atoms with Gasteiger partial charge in [-0.2, -0.15) is 5.10 Å². The molecule has 0 spiro atoms. The summed E-state index contributed by atoms with van der Waals surface area (Å²) in [6.07, 6.45) is 5.18. The van der Waals surface area contributed by atoms with Gasteiger partial charge in [-0.25, -0.2) is 9.67 Å². The molecule has 194 valence electrons. The van der Waals surface area contributed by atoms with E-state index in [0.717, 1.165) is 22.5 Å². The summed E-state index contributed by atoms with van der Waals surface area (Å²) in [7, 11) is 7.10. The zero-order chi connectivity index (χ0) is 26.6. The second kappa shape index (κ2) is 10.7. The molecule has 9 nitrogen and oxygen atoms in total. The van der Waals surface area contributed by atoms with Gasteiger partial charge in [0.25, 0.3) is 5.91 Å². The maximum Gasteiger partial charge on any atom is 0.254 e. The summed E-state index contributed by atoms with van der Waals surface area (Å²) >= 11 is 0. The predicted molar refractivity (Wildman–Crippen MR) is 145 cm³/mol. The highest BCUT2D eigenvalue weighted by Crippen LogP contribution is 2.35. The van der Waals surface area contributed by atoms with Crippen LogP contribution in [0, 0.1) is 0 Å². The fourth-order valence-corrected chi connectivity index (χ4v) is 4.44. The molecule has 5 aromatic rings. The van der Waals surface area contributed by atoms with Crippen LogP contribution < -0.4 is 14.4 Å². The highest BCUT2D eigenvalue weighted by Gasteiger charge is 2.22. The van der Waals surface area contributed by atoms with Gasteiger partial charge in [0.15, 0.2) is 0 Å². The van der Waals surface area contributed by atoms with E-state index in [2.05, 4.69) is 5.10 Å². The van der Waals surface area contributed by atoms with Gasteiger partial charge in [0.2, 0.25) is 0 Å². The molecule has 2 aromatic carbocycles. The van der Waals surface area contributed by atoms with Gasteiger partial charge in [0, 0.05) is 43.0 Å². The van der Waals surface area contributed by atoms with Crippen molar-refractivity contribution in [3.8, 4) is 17.2 Å². The Bertz CT molecular complexity index is 1530. The number of carbonyl (C=O) groups is 1. The number of nitrogens with zero attached hydrogens (tertiary/aromatic N) is 5. The Morgan fingerprint density at radius 2 is 1.74 bits per heavy atom. The molecule has 0 atom stereocenters. The fourth-order valence-electron chi connectivity index (χ4n) is 4.44. The lowest BCUT2D eigenvalue weighted by atomic mass is 10.1. The van der Waals surface area contributed by atoms with Crippen LogP contribution in [0.2, 0.25) is 0 Å². The van der Waals surface area contributed by atoms with Gasteiger partial charge in [-0.1, -0.05) is 0 Å². The zero-order valence-electron chi connectivity index (χ0n) is 21.8. The molecule has 0 aliphatic heterocycles. The van der Waals surface area contributed by atoms with E-state index in [4.69, 9.17) is 18.9 Å².